The van der Waals surface area contributed by atoms with Crippen LogP contribution in [0.5, 0.6) is 5.75 Å². The standard InChI is InChI=1S/C18H20N2O4.ClH/c21-17(20-8-7-13-3-4-14(10-20)19-13)11-23-15-5-1-12-2-6-18(22)24-16(12)9-15;/h1-2,5-6,9,13-14,19H,3-4,7-8,10-11H2;1H. The van der Waals surface area contributed by atoms with Crippen LogP contribution in [0.3, 0.4) is 0 Å². The lowest BCUT2D eigenvalue weighted by atomic mass is 10.1. The van der Waals surface area contributed by atoms with E-state index >= 15 is 0 Å². The third-order valence-corrected chi connectivity index (χ3v) is 4.83. The fourth-order valence-electron chi connectivity index (χ4n) is 3.54. The minimum Gasteiger partial charge on any atom is -0.484 e. The van der Waals surface area contributed by atoms with Crippen LogP contribution in [0, 0.1) is 0 Å². The van der Waals surface area contributed by atoms with E-state index in [0.29, 0.717) is 23.4 Å². The van der Waals surface area contributed by atoms with Crippen molar-refractivity contribution in [2.24, 2.45) is 0 Å². The van der Waals surface area contributed by atoms with E-state index in [1.807, 2.05) is 11.0 Å². The minimum absolute atomic E-state index is 0. The molecule has 2 saturated heterocycles. The summed E-state index contributed by atoms with van der Waals surface area (Å²) in [5, 5.41) is 4.38. The lowest BCUT2D eigenvalue weighted by Gasteiger charge is -2.24. The number of likely N-dealkylation sites (tertiary alicyclic amines) is 1. The van der Waals surface area contributed by atoms with Crippen molar-refractivity contribution >= 4 is 29.3 Å². The number of nitrogens with zero attached hydrogens (tertiary/aromatic N) is 1. The monoisotopic (exact) mass is 364 g/mol. The van der Waals surface area contributed by atoms with Crippen LogP contribution < -0.4 is 15.7 Å². The predicted molar refractivity (Wildman–Crippen MR) is 96.4 cm³/mol. The Bertz CT molecular complexity index is 822. The quantitative estimate of drug-likeness (QED) is 0.843. The number of benzene rings is 1. The molecule has 2 unspecified atom stereocenters. The third-order valence-electron chi connectivity index (χ3n) is 4.83. The first-order valence-electron chi connectivity index (χ1n) is 8.38. The molecule has 4 rings (SSSR count). The number of carbonyl (C=O) groups excluding carboxylic acids is 1. The Kier molecular flexibility index (Phi) is 5.30. The molecule has 134 valence electrons. The van der Waals surface area contributed by atoms with Gasteiger partial charge in [0.1, 0.15) is 11.3 Å². The van der Waals surface area contributed by atoms with Gasteiger partial charge in [-0.1, -0.05) is 0 Å². The highest BCUT2D eigenvalue weighted by atomic mass is 35.5. The number of hydrogen-bond donors (Lipinski definition) is 1. The molecular formula is C18H21ClN2O4. The van der Waals surface area contributed by atoms with Gasteiger partial charge in [-0.3, -0.25) is 4.79 Å². The fraction of sp³-hybridized carbons (Fsp3) is 0.444. The molecule has 7 heteroatoms. The van der Waals surface area contributed by atoms with Crippen LogP contribution in [0.15, 0.2) is 39.5 Å². The van der Waals surface area contributed by atoms with Crippen molar-refractivity contribution in [1.29, 1.82) is 0 Å². The van der Waals surface area contributed by atoms with Gasteiger partial charge in [-0.25, -0.2) is 4.79 Å². The average molecular weight is 365 g/mol. The van der Waals surface area contributed by atoms with Crippen LogP contribution in [0.2, 0.25) is 0 Å². The van der Waals surface area contributed by atoms with Crippen molar-refractivity contribution in [2.75, 3.05) is 19.7 Å². The van der Waals surface area contributed by atoms with Gasteiger partial charge in [-0.05, 0) is 37.5 Å². The van der Waals surface area contributed by atoms with Crippen molar-refractivity contribution in [3.05, 3.63) is 40.8 Å². The summed E-state index contributed by atoms with van der Waals surface area (Å²) in [6, 6.07) is 9.29. The molecule has 6 nitrogen and oxygen atoms in total. The highest BCUT2D eigenvalue weighted by molar-refractivity contribution is 5.85. The van der Waals surface area contributed by atoms with Gasteiger partial charge in [-0.2, -0.15) is 0 Å². The zero-order valence-electron chi connectivity index (χ0n) is 13.8. The van der Waals surface area contributed by atoms with E-state index < -0.39 is 5.63 Å². The number of halogens is 1. The van der Waals surface area contributed by atoms with E-state index in [1.54, 1.807) is 18.2 Å². The number of amides is 1. The first kappa shape index (κ1) is 17.8. The average Bonchev–Trinajstić information content (AvgIpc) is 2.91. The number of hydrogen-bond acceptors (Lipinski definition) is 5. The second-order valence-electron chi connectivity index (χ2n) is 6.51. The molecule has 0 radical (unpaired) electrons. The summed E-state index contributed by atoms with van der Waals surface area (Å²) in [6.07, 6.45) is 3.36. The van der Waals surface area contributed by atoms with E-state index in [1.165, 1.54) is 12.5 Å². The largest absolute Gasteiger partial charge is 0.484 e. The summed E-state index contributed by atoms with van der Waals surface area (Å²) in [7, 11) is 0. The molecule has 2 aliphatic heterocycles. The summed E-state index contributed by atoms with van der Waals surface area (Å²) in [6.45, 7) is 1.54. The maximum atomic E-state index is 12.4. The molecule has 25 heavy (non-hydrogen) atoms. The number of ether oxygens (including phenoxy) is 1. The van der Waals surface area contributed by atoms with Crippen LogP contribution in [0.4, 0.5) is 0 Å². The van der Waals surface area contributed by atoms with Gasteiger partial charge in [0.15, 0.2) is 6.61 Å². The molecule has 0 spiro atoms. The molecule has 0 saturated carbocycles. The van der Waals surface area contributed by atoms with Gasteiger partial charge < -0.3 is 19.4 Å². The predicted octanol–water partition coefficient (Wildman–Crippen LogP) is 1.95. The van der Waals surface area contributed by atoms with Gasteiger partial charge in [0.25, 0.3) is 5.91 Å². The molecule has 2 aromatic rings. The molecule has 1 amide bonds. The Hall–Kier alpha value is -2.05. The highest BCUT2D eigenvalue weighted by Crippen LogP contribution is 2.22. The van der Waals surface area contributed by atoms with Crippen molar-refractivity contribution in [1.82, 2.24) is 10.2 Å². The van der Waals surface area contributed by atoms with E-state index in [2.05, 4.69) is 5.32 Å². The van der Waals surface area contributed by atoms with Gasteiger partial charge in [0, 0.05) is 42.7 Å². The molecule has 0 aliphatic carbocycles. The van der Waals surface area contributed by atoms with Crippen LogP contribution in [-0.4, -0.2) is 42.6 Å². The molecular weight excluding hydrogens is 344 g/mol. The van der Waals surface area contributed by atoms with Gasteiger partial charge in [-0.15, -0.1) is 12.4 Å². The third kappa shape index (κ3) is 3.96. The zero-order valence-corrected chi connectivity index (χ0v) is 14.6. The lowest BCUT2D eigenvalue weighted by Crippen LogP contribution is -2.41. The smallest absolute Gasteiger partial charge is 0.336 e. The van der Waals surface area contributed by atoms with Crippen LogP contribution in [0.1, 0.15) is 19.3 Å². The van der Waals surface area contributed by atoms with Gasteiger partial charge in [0.2, 0.25) is 0 Å². The molecule has 2 aliphatic rings. The number of nitrogens with one attached hydrogen (secondary N) is 1. The summed E-state index contributed by atoms with van der Waals surface area (Å²) in [4.78, 5) is 25.6. The minimum atomic E-state index is -0.400. The molecule has 1 aromatic heterocycles. The van der Waals surface area contributed by atoms with Crippen molar-refractivity contribution in [3.63, 3.8) is 0 Å². The topological polar surface area (TPSA) is 71.8 Å². The van der Waals surface area contributed by atoms with E-state index in [-0.39, 0.29) is 24.9 Å². The van der Waals surface area contributed by atoms with E-state index in [0.717, 1.165) is 31.3 Å². The molecule has 1 N–H and O–H groups in total. The zero-order chi connectivity index (χ0) is 16.5. The Morgan fingerprint density at radius 3 is 2.88 bits per heavy atom. The van der Waals surface area contributed by atoms with Crippen LogP contribution in [-0.2, 0) is 4.79 Å². The van der Waals surface area contributed by atoms with Crippen LogP contribution in [0.25, 0.3) is 11.0 Å². The first-order valence-corrected chi connectivity index (χ1v) is 8.38. The van der Waals surface area contributed by atoms with Crippen molar-refractivity contribution in [2.45, 2.75) is 31.3 Å². The van der Waals surface area contributed by atoms with E-state index in [9.17, 15) is 9.59 Å². The van der Waals surface area contributed by atoms with Crippen molar-refractivity contribution in [3.8, 4) is 5.75 Å². The first-order chi connectivity index (χ1) is 11.7. The molecule has 2 atom stereocenters. The van der Waals surface area contributed by atoms with Crippen molar-refractivity contribution < 1.29 is 13.9 Å². The Balaban J connectivity index is 0.00000182. The number of rotatable bonds is 3. The molecule has 2 bridgehead atoms. The number of fused-ring (bicyclic) bond motifs is 3. The Morgan fingerprint density at radius 1 is 1.20 bits per heavy atom. The normalized spacial score (nSPS) is 22.3. The number of carbonyl (C=O) groups is 1. The van der Waals surface area contributed by atoms with E-state index in [4.69, 9.17) is 9.15 Å². The summed E-state index contributed by atoms with van der Waals surface area (Å²) in [5.41, 5.74) is 0.0616. The molecule has 3 heterocycles. The summed E-state index contributed by atoms with van der Waals surface area (Å²) in [5.74, 6) is 0.527. The maximum absolute atomic E-state index is 12.4. The molecule has 2 fully saturated rings. The van der Waals surface area contributed by atoms with Gasteiger partial charge in [0.05, 0.1) is 0 Å². The van der Waals surface area contributed by atoms with Gasteiger partial charge >= 0.3 is 5.63 Å². The lowest BCUT2D eigenvalue weighted by molar-refractivity contribution is -0.133. The van der Waals surface area contributed by atoms with Crippen LogP contribution >= 0.6 is 12.4 Å². The fourth-order valence-corrected chi connectivity index (χ4v) is 3.54. The SMILES string of the molecule is Cl.O=C(COc1ccc2ccc(=O)oc2c1)N1CCC2CCC(C1)N2. The second-order valence-corrected chi connectivity index (χ2v) is 6.51. The summed E-state index contributed by atoms with van der Waals surface area (Å²) < 4.78 is 10.8. The second kappa shape index (κ2) is 7.45. The highest BCUT2D eigenvalue weighted by Gasteiger charge is 2.31. The maximum Gasteiger partial charge on any atom is 0.336 e. The summed E-state index contributed by atoms with van der Waals surface area (Å²) >= 11 is 0. The molecule has 1 aromatic carbocycles. The Morgan fingerprint density at radius 2 is 2.00 bits per heavy atom. The Labute approximate surface area is 151 Å².